The standard InChI is InChI=1S/C11H19NO4/c1-4-5-6-7-9(11(14)16-3)12-10(13)8-15-2/h4,9H,1,5-8H2,2-3H3,(H,12,13)/t9-/m0/s1. The second kappa shape index (κ2) is 8.91. The Hall–Kier alpha value is -1.36. The molecule has 0 saturated carbocycles. The Bertz CT molecular complexity index is 240. The van der Waals surface area contributed by atoms with Crippen molar-refractivity contribution >= 4 is 11.9 Å². The van der Waals surface area contributed by atoms with Crippen LogP contribution in [-0.4, -0.2) is 38.7 Å². The maximum atomic E-state index is 11.3. The number of methoxy groups -OCH3 is 2. The molecule has 1 amide bonds. The van der Waals surface area contributed by atoms with Crippen molar-refractivity contribution in [1.29, 1.82) is 0 Å². The molecule has 0 rings (SSSR count). The summed E-state index contributed by atoms with van der Waals surface area (Å²) >= 11 is 0. The van der Waals surface area contributed by atoms with Gasteiger partial charge in [-0.05, 0) is 19.3 Å². The Morgan fingerprint density at radius 1 is 1.44 bits per heavy atom. The highest BCUT2D eigenvalue weighted by Crippen LogP contribution is 2.03. The van der Waals surface area contributed by atoms with Crippen molar-refractivity contribution in [2.45, 2.75) is 25.3 Å². The first-order chi connectivity index (χ1) is 7.65. The third-order valence-electron chi connectivity index (χ3n) is 2.00. The summed E-state index contributed by atoms with van der Waals surface area (Å²) < 4.78 is 9.26. The fourth-order valence-electron chi connectivity index (χ4n) is 1.22. The molecule has 0 aliphatic heterocycles. The van der Waals surface area contributed by atoms with Crippen molar-refractivity contribution in [2.24, 2.45) is 0 Å². The van der Waals surface area contributed by atoms with Crippen LogP contribution in [0.15, 0.2) is 12.7 Å². The number of nitrogens with one attached hydrogen (secondary N) is 1. The Morgan fingerprint density at radius 2 is 2.12 bits per heavy atom. The fraction of sp³-hybridized carbons (Fsp3) is 0.636. The number of ether oxygens (including phenoxy) is 2. The Kier molecular flexibility index (Phi) is 8.15. The lowest BCUT2D eigenvalue weighted by Crippen LogP contribution is -2.42. The van der Waals surface area contributed by atoms with E-state index < -0.39 is 12.0 Å². The predicted octanol–water partition coefficient (Wildman–Crippen LogP) is 0.647. The summed E-state index contributed by atoms with van der Waals surface area (Å²) in [5.74, 6) is -0.759. The van der Waals surface area contributed by atoms with Gasteiger partial charge in [0.05, 0.1) is 7.11 Å². The molecule has 0 unspecified atom stereocenters. The first-order valence-electron chi connectivity index (χ1n) is 5.12. The number of hydrogen-bond acceptors (Lipinski definition) is 4. The van der Waals surface area contributed by atoms with E-state index in [1.807, 2.05) is 0 Å². The Balaban J connectivity index is 4.14. The van der Waals surface area contributed by atoms with Gasteiger partial charge in [-0.25, -0.2) is 4.79 Å². The van der Waals surface area contributed by atoms with Gasteiger partial charge in [-0.1, -0.05) is 6.08 Å². The number of rotatable bonds is 8. The molecular formula is C11H19NO4. The van der Waals surface area contributed by atoms with Crippen LogP contribution in [0.2, 0.25) is 0 Å². The van der Waals surface area contributed by atoms with E-state index >= 15 is 0 Å². The van der Waals surface area contributed by atoms with E-state index in [9.17, 15) is 9.59 Å². The van der Waals surface area contributed by atoms with E-state index in [4.69, 9.17) is 0 Å². The predicted molar refractivity (Wildman–Crippen MR) is 59.9 cm³/mol. The minimum Gasteiger partial charge on any atom is -0.467 e. The molecule has 1 N–H and O–H groups in total. The van der Waals surface area contributed by atoms with E-state index in [2.05, 4.69) is 21.4 Å². The average molecular weight is 229 g/mol. The van der Waals surface area contributed by atoms with Crippen LogP contribution in [0.1, 0.15) is 19.3 Å². The van der Waals surface area contributed by atoms with Gasteiger partial charge in [0, 0.05) is 7.11 Å². The molecule has 0 bridgehead atoms. The SMILES string of the molecule is C=CCCC[C@H](NC(=O)COC)C(=O)OC. The molecule has 5 heteroatoms. The molecule has 92 valence electrons. The molecule has 0 heterocycles. The van der Waals surface area contributed by atoms with Gasteiger partial charge in [0.2, 0.25) is 5.91 Å². The third-order valence-corrected chi connectivity index (χ3v) is 2.00. The van der Waals surface area contributed by atoms with Crippen LogP contribution >= 0.6 is 0 Å². The van der Waals surface area contributed by atoms with E-state index in [1.54, 1.807) is 6.08 Å². The molecule has 0 aromatic heterocycles. The zero-order valence-electron chi connectivity index (χ0n) is 9.82. The molecule has 0 aliphatic carbocycles. The largest absolute Gasteiger partial charge is 0.467 e. The van der Waals surface area contributed by atoms with Crippen molar-refractivity contribution in [3.63, 3.8) is 0 Å². The molecule has 5 nitrogen and oxygen atoms in total. The molecule has 0 aliphatic rings. The number of allylic oxidation sites excluding steroid dienone is 1. The monoisotopic (exact) mass is 229 g/mol. The summed E-state index contributed by atoms with van der Waals surface area (Å²) in [6.07, 6.45) is 3.88. The van der Waals surface area contributed by atoms with Crippen molar-refractivity contribution in [3.8, 4) is 0 Å². The quantitative estimate of drug-likeness (QED) is 0.377. The summed E-state index contributed by atoms with van der Waals surface area (Å²) in [6, 6.07) is -0.604. The number of carbonyl (C=O) groups excluding carboxylic acids is 2. The molecule has 0 aromatic rings. The van der Waals surface area contributed by atoms with Crippen LogP contribution in [0.4, 0.5) is 0 Å². The highest BCUT2D eigenvalue weighted by Gasteiger charge is 2.20. The molecule has 0 spiro atoms. The summed E-state index contributed by atoms with van der Waals surface area (Å²) in [6.45, 7) is 3.53. The minimum atomic E-state index is -0.604. The van der Waals surface area contributed by atoms with Crippen LogP contribution in [0.5, 0.6) is 0 Å². The molecule has 16 heavy (non-hydrogen) atoms. The van der Waals surface area contributed by atoms with Gasteiger partial charge in [-0.3, -0.25) is 4.79 Å². The third kappa shape index (κ3) is 6.19. The van der Waals surface area contributed by atoms with Gasteiger partial charge in [0.25, 0.3) is 0 Å². The second-order valence-electron chi connectivity index (χ2n) is 3.30. The maximum Gasteiger partial charge on any atom is 0.328 e. The van der Waals surface area contributed by atoms with Gasteiger partial charge in [-0.2, -0.15) is 0 Å². The topological polar surface area (TPSA) is 64.6 Å². The number of amides is 1. The average Bonchev–Trinajstić information content (AvgIpc) is 2.27. The number of carbonyl (C=O) groups is 2. The summed E-state index contributed by atoms with van der Waals surface area (Å²) in [7, 11) is 2.72. The minimum absolute atomic E-state index is 0.0606. The lowest BCUT2D eigenvalue weighted by atomic mass is 10.1. The van der Waals surface area contributed by atoms with Gasteiger partial charge in [-0.15, -0.1) is 6.58 Å². The van der Waals surface area contributed by atoms with Crippen LogP contribution in [-0.2, 0) is 19.1 Å². The highest BCUT2D eigenvalue weighted by atomic mass is 16.5. The van der Waals surface area contributed by atoms with Crippen LogP contribution in [0.3, 0.4) is 0 Å². The van der Waals surface area contributed by atoms with Gasteiger partial charge >= 0.3 is 5.97 Å². The van der Waals surface area contributed by atoms with E-state index in [0.717, 1.165) is 12.8 Å². The van der Waals surface area contributed by atoms with E-state index in [0.29, 0.717) is 6.42 Å². The lowest BCUT2D eigenvalue weighted by Gasteiger charge is -2.15. The summed E-state index contributed by atoms with van der Waals surface area (Å²) in [5.41, 5.74) is 0. The van der Waals surface area contributed by atoms with Crippen molar-refractivity contribution in [2.75, 3.05) is 20.8 Å². The molecule has 0 radical (unpaired) electrons. The lowest BCUT2D eigenvalue weighted by molar-refractivity contribution is -0.145. The summed E-state index contributed by atoms with van der Waals surface area (Å²) in [4.78, 5) is 22.6. The molecular weight excluding hydrogens is 210 g/mol. The zero-order valence-corrected chi connectivity index (χ0v) is 9.82. The molecule has 0 saturated heterocycles. The van der Waals surface area contributed by atoms with Gasteiger partial charge in [0.1, 0.15) is 12.6 Å². The normalized spacial score (nSPS) is 11.6. The Morgan fingerprint density at radius 3 is 2.62 bits per heavy atom. The van der Waals surface area contributed by atoms with Crippen molar-refractivity contribution < 1.29 is 19.1 Å². The molecule has 1 atom stereocenters. The number of esters is 1. The fourth-order valence-corrected chi connectivity index (χ4v) is 1.22. The first kappa shape index (κ1) is 14.6. The number of unbranched alkanes of at least 4 members (excludes halogenated alkanes) is 1. The maximum absolute atomic E-state index is 11.3. The van der Waals surface area contributed by atoms with Crippen LogP contribution < -0.4 is 5.32 Å². The smallest absolute Gasteiger partial charge is 0.328 e. The van der Waals surface area contributed by atoms with Crippen LogP contribution in [0, 0.1) is 0 Å². The molecule has 0 aromatic carbocycles. The molecule has 0 fully saturated rings. The van der Waals surface area contributed by atoms with Gasteiger partial charge in [0.15, 0.2) is 0 Å². The highest BCUT2D eigenvalue weighted by molar-refractivity contribution is 5.84. The van der Waals surface area contributed by atoms with Crippen molar-refractivity contribution in [3.05, 3.63) is 12.7 Å². The Labute approximate surface area is 95.8 Å². The van der Waals surface area contributed by atoms with E-state index in [1.165, 1.54) is 14.2 Å². The summed E-state index contributed by atoms with van der Waals surface area (Å²) in [5, 5.41) is 2.55. The zero-order chi connectivity index (χ0) is 12.4. The second-order valence-corrected chi connectivity index (χ2v) is 3.30. The number of hydrogen-bond donors (Lipinski definition) is 1. The first-order valence-corrected chi connectivity index (χ1v) is 5.12. The van der Waals surface area contributed by atoms with Crippen LogP contribution in [0.25, 0.3) is 0 Å². The van der Waals surface area contributed by atoms with Crippen molar-refractivity contribution in [1.82, 2.24) is 5.32 Å². The van der Waals surface area contributed by atoms with Gasteiger partial charge < -0.3 is 14.8 Å². The van der Waals surface area contributed by atoms with E-state index in [-0.39, 0.29) is 12.5 Å².